The van der Waals surface area contributed by atoms with Crippen molar-refractivity contribution in [2.75, 3.05) is 25.6 Å². The van der Waals surface area contributed by atoms with Crippen LogP contribution in [0.1, 0.15) is 90.9 Å². The molecule has 6 nitrogen and oxygen atoms in total. The summed E-state index contributed by atoms with van der Waals surface area (Å²) in [5.74, 6) is -0.831. The summed E-state index contributed by atoms with van der Waals surface area (Å²) in [5.41, 5.74) is 0. The van der Waals surface area contributed by atoms with E-state index in [0.29, 0.717) is 32.7 Å². The summed E-state index contributed by atoms with van der Waals surface area (Å²) in [6.45, 7) is 5.65. The summed E-state index contributed by atoms with van der Waals surface area (Å²) in [4.78, 5) is 0. The molecule has 0 aromatic carbocycles. The minimum Gasteiger partial charge on any atom is -0.748 e. The molecule has 0 aromatic heterocycles. The zero-order valence-electron chi connectivity index (χ0n) is 18.2. The molecule has 1 rings (SSSR count). The average molecular weight is 431 g/mol. The Balaban J connectivity index is 0.00000729. The fourth-order valence-corrected chi connectivity index (χ4v) is 3.92. The molecule has 1 saturated heterocycles. The van der Waals surface area contributed by atoms with Crippen LogP contribution in [-0.2, 0) is 24.3 Å². The molecular weight excluding hydrogens is 391 g/mol. The van der Waals surface area contributed by atoms with Crippen LogP contribution in [0, 0.1) is 0 Å². The van der Waals surface area contributed by atoms with Crippen molar-refractivity contribution in [2.24, 2.45) is 0 Å². The van der Waals surface area contributed by atoms with Crippen molar-refractivity contribution in [1.82, 2.24) is 0 Å². The van der Waals surface area contributed by atoms with Crippen LogP contribution in [0.3, 0.4) is 0 Å². The van der Waals surface area contributed by atoms with E-state index in [2.05, 4.69) is 6.92 Å². The molecule has 2 unspecified atom stereocenters. The van der Waals surface area contributed by atoms with Crippen LogP contribution in [-0.4, -0.2) is 50.4 Å². The largest absolute Gasteiger partial charge is 1.00 e. The molecule has 1 heterocycles. The van der Waals surface area contributed by atoms with Gasteiger partial charge in [0.25, 0.3) is 0 Å². The minimum atomic E-state index is -4.11. The summed E-state index contributed by atoms with van der Waals surface area (Å²) in [7, 11) is -4.11. The second kappa shape index (κ2) is 16.5. The van der Waals surface area contributed by atoms with Gasteiger partial charge < -0.3 is 18.8 Å². The topological polar surface area (TPSA) is 84.9 Å². The summed E-state index contributed by atoms with van der Waals surface area (Å²) < 4.78 is 48.9. The molecule has 0 bridgehead atoms. The van der Waals surface area contributed by atoms with Gasteiger partial charge in [0, 0.05) is 18.8 Å². The maximum absolute atomic E-state index is 10.5. The zero-order chi connectivity index (χ0) is 20.0. The Bertz CT molecular complexity index is 473. The van der Waals surface area contributed by atoms with E-state index >= 15 is 0 Å². The molecule has 2 atom stereocenters. The van der Waals surface area contributed by atoms with E-state index in [1.165, 1.54) is 51.4 Å². The number of hydrogen-bond acceptors (Lipinski definition) is 6. The van der Waals surface area contributed by atoms with Gasteiger partial charge in [-0.15, -0.1) is 0 Å². The van der Waals surface area contributed by atoms with Crippen molar-refractivity contribution in [1.29, 1.82) is 0 Å². The van der Waals surface area contributed by atoms with Gasteiger partial charge >= 0.3 is 29.6 Å². The van der Waals surface area contributed by atoms with Crippen molar-refractivity contribution in [3.63, 3.8) is 0 Å². The van der Waals surface area contributed by atoms with Crippen molar-refractivity contribution in [2.45, 2.75) is 103 Å². The summed E-state index contributed by atoms with van der Waals surface area (Å²) in [6, 6.07) is 0. The predicted molar refractivity (Wildman–Crippen MR) is 106 cm³/mol. The Morgan fingerprint density at radius 3 is 2.21 bits per heavy atom. The second-order valence-corrected chi connectivity index (χ2v) is 9.33. The van der Waals surface area contributed by atoms with Crippen LogP contribution < -0.4 is 29.6 Å². The third-order valence-corrected chi connectivity index (χ3v) is 5.75. The Hall–Kier alpha value is 0.790. The Labute approximate surface area is 194 Å². The molecule has 28 heavy (non-hydrogen) atoms. The van der Waals surface area contributed by atoms with E-state index in [9.17, 15) is 13.0 Å². The van der Waals surface area contributed by atoms with Crippen molar-refractivity contribution < 1.29 is 56.7 Å². The summed E-state index contributed by atoms with van der Waals surface area (Å²) >= 11 is 0. The standard InChI is InChI=1S/C20H40O6S.Na/c1-3-4-5-6-7-8-9-10-11-14-20(2)25-18-19(26-20)17-24-15-12-13-16-27(21,22)23;/h19H,3-18H2,1-2H3,(H,21,22,23);/q;+1/p-1. The molecule has 0 N–H and O–H groups in total. The van der Waals surface area contributed by atoms with Crippen LogP contribution >= 0.6 is 0 Å². The third-order valence-electron chi connectivity index (χ3n) is 4.96. The average Bonchev–Trinajstić information content (AvgIpc) is 2.97. The molecule has 0 spiro atoms. The molecule has 0 aromatic rings. The molecular formula is C20H39NaO6S. The van der Waals surface area contributed by atoms with Crippen molar-refractivity contribution >= 4 is 10.1 Å². The third kappa shape index (κ3) is 15.6. The van der Waals surface area contributed by atoms with Gasteiger partial charge in [0.15, 0.2) is 5.79 Å². The normalized spacial score (nSPS) is 22.3. The van der Waals surface area contributed by atoms with E-state index in [4.69, 9.17) is 14.2 Å². The van der Waals surface area contributed by atoms with Gasteiger partial charge in [-0.25, -0.2) is 8.42 Å². The van der Waals surface area contributed by atoms with Gasteiger partial charge in [-0.2, -0.15) is 0 Å². The van der Waals surface area contributed by atoms with E-state index in [1.54, 1.807) is 0 Å². The van der Waals surface area contributed by atoms with E-state index < -0.39 is 15.9 Å². The van der Waals surface area contributed by atoms with Crippen LogP contribution in [0.15, 0.2) is 0 Å². The second-order valence-electron chi connectivity index (χ2n) is 7.81. The van der Waals surface area contributed by atoms with E-state index in [1.807, 2.05) is 6.92 Å². The Kier molecular flexibility index (Phi) is 16.9. The van der Waals surface area contributed by atoms with Gasteiger partial charge in [0.1, 0.15) is 6.10 Å². The summed E-state index contributed by atoms with van der Waals surface area (Å²) in [5, 5.41) is 0. The van der Waals surface area contributed by atoms with Gasteiger partial charge in [0.2, 0.25) is 0 Å². The predicted octanol–water partition coefficient (Wildman–Crippen LogP) is 1.38. The number of hydrogen-bond donors (Lipinski definition) is 0. The van der Waals surface area contributed by atoms with Gasteiger partial charge in [0.05, 0.1) is 23.3 Å². The van der Waals surface area contributed by atoms with E-state index in [0.717, 1.165) is 12.8 Å². The Morgan fingerprint density at radius 1 is 1.00 bits per heavy atom. The van der Waals surface area contributed by atoms with E-state index in [-0.39, 0.29) is 41.4 Å². The monoisotopic (exact) mass is 430 g/mol. The van der Waals surface area contributed by atoms with Gasteiger partial charge in [-0.1, -0.05) is 58.3 Å². The first-order valence-electron chi connectivity index (χ1n) is 10.7. The molecule has 1 aliphatic heterocycles. The smallest absolute Gasteiger partial charge is 0.748 e. The zero-order valence-corrected chi connectivity index (χ0v) is 21.1. The molecule has 1 fully saturated rings. The molecule has 0 radical (unpaired) electrons. The molecule has 0 aliphatic carbocycles. The Morgan fingerprint density at radius 2 is 1.61 bits per heavy atom. The first-order chi connectivity index (χ1) is 12.8. The molecule has 162 valence electrons. The van der Waals surface area contributed by atoms with Gasteiger partial charge in [-0.05, 0) is 26.2 Å². The molecule has 0 amide bonds. The van der Waals surface area contributed by atoms with Crippen LogP contribution in [0.25, 0.3) is 0 Å². The van der Waals surface area contributed by atoms with Crippen LogP contribution in [0.4, 0.5) is 0 Å². The van der Waals surface area contributed by atoms with Gasteiger partial charge in [-0.3, -0.25) is 0 Å². The first-order valence-corrected chi connectivity index (χ1v) is 12.3. The van der Waals surface area contributed by atoms with Crippen molar-refractivity contribution in [3.05, 3.63) is 0 Å². The number of ether oxygens (including phenoxy) is 3. The van der Waals surface area contributed by atoms with Crippen LogP contribution in [0.5, 0.6) is 0 Å². The fraction of sp³-hybridized carbons (Fsp3) is 1.00. The quantitative estimate of drug-likeness (QED) is 0.197. The molecule has 0 saturated carbocycles. The maximum Gasteiger partial charge on any atom is 1.00 e. The molecule has 1 aliphatic rings. The number of rotatable bonds is 17. The maximum atomic E-state index is 10.5. The number of unbranched alkanes of at least 4 members (excludes halogenated alkanes) is 9. The first kappa shape index (κ1) is 28.8. The van der Waals surface area contributed by atoms with Crippen molar-refractivity contribution in [3.8, 4) is 0 Å². The SMILES string of the molecule is CCCCCCCCCCCC1(C)OCC(COCCCCS(=O)(=O)[O-])O1.[Na+]. The van der Waals surface area contributed by atoms with Crippen LogP contribution in [0.2, 0.25) is 0 Å². The minimum absolute atomic E-state index is 0. The fourth-order valence-electron chi connectivity index (χ4n) is 3.36. The molecule has 8 heteroatoms. The summed E-state index contributed by atoms with van der Waals surface area (Å²) in [6.07, 6.45) is 13.4.